The third kappa shape index (κ3) is 6.29. The average Bonchev–Trinajstić information content (AvgIpc) is 3.38. The Morgan fingerprint density at radius 1 is 0.795 bits per heavy atom. The van der Waals surface area contributed by atoms with Crippen molar-refractivity contribution in [3.05, 3.63) is 143 Å². The fourth-order valence-electron chi connectivity index (χ4n) is 4.69. The predicted molar refractivity (Wildman–Crippen MR) is 158 cm³/mol. The standard InChI is InChI=1S/C33H32N4OS/c1-23-17-19-29(20-18-23)37-31(35-36-33(37)39-22-26-12-10-11-24(2)21-26)25(3)34-32(38)30(27-13-6-4-7-14-27)28-15-8-5-9-16-28/h4-21,25,30H,22H2,1-3H3,(H,34,38). The predicted octanol–water partition coefficient (Wildman–Crippen LogP) is 7.19. The van der Waals surface area contributed by atoms with Crippen molar-refractivity contribution in [2.75, 3.05) is 0 Å². The molecule has 1 unspecified atom stereocenters. The van der Waals surface area contributed by atoms with Crippen LogP contribution in [-0.4, -0.2) is 20.7 Å². The lowest BCUT2D eigenvalue weighted by Gasteiger charge is -2.21. The van der Waals surface area contributed by atoms with E-state index in [1.54, 1.807) is 11.8 Å². The highest BCUT2D eigenvalue weighted by molar-refractivity contribution is 7.98. The highest BCUT2D eigenvalue weighted by Gasteiger charge is 2.27. The SMILES string of the molecule is Cc1ccc(-n2c(SCc3cccc(C)c3)nnc2C(C)NC(=O)C(c2ccccc2)c2ccccc2)cc1. The van der Waals surface area contributed by atoms with Crippen LogP contribution in [0.4, 0.5) is 0 Å². The highest BCUT2D eigenvalue weighted by atomic mass is 32.2. The van der Waals surface area contributed by atoms with Gasteiger partial charge < -0.3 is 5.32 Å². The van der Waals surface area contributed by atoms with Crippen LogP contribution >= 0.6 is 11.8 Å². The van der Waals surface area contributed by atoms with Gasteiger partial charge >= 0.3 is 0 Å². The molecule has 196 valence electrons. The Labute approximate surface area is 234 Å². The second-order valence-corrected chi connectivity index (χ2v) is 10.7. The van der Waals surface area contributed by atoms with Crippen LogP contribution < -0.4 is 5.32 Å². The number of aryl methyl sites for hydroxylation is 2. The van der Waals surface area contributed by atoms with Gasteiger partial charge in [0.25, 0.3) is 0 Å². The normalized spacial score (nSPS) is 11.9. The first-order valence-electron chi connectivity index (χ1n) is 13.1. The van der Waals surface area contributed by atoms with E-state index in [9.17, 15) is 4.79 Å². The molecule has 0 aliphatic rings. The summed E-state index contributed by atoms with van der Waals surface area (Å²) in [5.74, 6) is 0.961. The maximum absolute atomic E-state index is 13.8. The summed E-state index contributed by atoms with van der Waals surface area (Å²) in [6.45, 7) is 6.14. The molecule has 4 aromatic carbocycles. The summed E-state index contributed by atoms with van der Waals surface area (Å²) >= 11 is 1.64. The summed E-state index contributed by atoms with van der Waals surface area (Å²) in [6, 6.07) is 36.2. The number of hydrogen-bond acceptors (Lipinski definition) is 4. The number of hydrogen-bond donors (Lipinski definition) is 1. The maximum Gasteiger partial charge on any atom is 0.232 e. The molecule has 39 heavy (non-hydrogen) atoms. The van der Waals surface area contributed by atoms with Crippen LogP contribution in [-0.2, 0) is 10.5 Å². The van der Waals surface area contributed by atoms with Gasteiger partial charge in [0, 0.05) is 11.4 Å². The van der Waals surface area contributed by atoms with E-state index >= 15 is 0 Å². The van der Waals surface area contributed by atoms with Crippen LogP contribution in [0.15, 0.2) is 114 Å². The molecule has 1 aromatic heterocycles. The number of carbonyl (C=O) groups excluding carboxylic acids is 1. The van der Waals surface area contributed by atoms with Gasteiger partial charge in [-0.05, 0) is 49.6 Å². The summed E-state index contributed by atoms with van der Waals surface area (Å²) in [6.07, 6.45) is 0. The lowest BCUT2D eigenvalue weighted by atomic mass is 9.90. The summed E-state index contributed by atoms with van der Waals surface area (Å²) in [5, 5.41) is 13.2. The third-order valence-electron chi connectivity index (χ3n) is 6.68. The molecule has 5 rings (SSSR count). The number of amides is 1. The van der Waals surface area contributed by atoms with Crippen LogP contribution in [0.2, 0.25) is 0 Å². The number of carbonyl (C=O) groups is 1. The van der Waals surface area contributed by atoms with Crippen molar-refractivity contribution in [3.63, 3.8) is 0 Å². The van der Waals surface area contributed by atoms with Gasteiger partial charge in [0.1, 0.15) is 0 Å². The monoisotopic (exact) mass is 532 g/mol. The molecule has 1 amide bonds. The fourth-order valence-corrected chi connectivity index (χ4v) is 5.59. The number of nitrogens with zero attached hydrogens (tertiary/aromatic N) is 3. The molecule has 5 nitrogen and oxygen atoms in total. The minimum absolute atomic E-state index is 0.0766. The molecular weight excluding hydrogens is 500 g/mol. The minimum Gasteiger partial charge on any atom is -0.346 e. The number of rotatable bonds is 9. The van der Waals surface area contributed by atoms with Crippen molar-refractivity contribution in [2.45, 2.75) is 43.6 Å². The molecule has 0 aliphatic carbocycles. The van der Waals surface area contributed by atoms with Crippen LogP contribution in [0.3, 0.4) is 0 Å². The molecular formula is C33H32N4OS. The fraction of sp³-hybridized carbons (Fsp3) is 0.182. The highest BCUT2D eigenvalue weighted by Crippen LogP contribution is 2.30. The van der Waals surface area contributed by atoms with Crippen molar-refractivity contribution in [2.24, 2.45) is 0 Å². The molecule has 0 spiro atoms. The quantitative estimate of drug-likeness (QED) is 0.204. The largest absolute Gasteiger partial charge is 0.346 e. The zero-order valence-electron chi connectivity index (χ0n) is 22.4. The zero-order chi connectivity index (χ0) is 27.2. The zero-order valence-corrected chi connectivity index (χ0v) is 23.2. The van der Waals surface area contributed by atoms with E-state index in [-0.39, 0.29) is 11.9 Å². The van der Waals surface area contributed by atoms with Crippen molar-refractivity contribution >= 4 is 17.7 Å². The smallest absolute Gasteiger partial charge is 0.232 e. The molecule has 1 heterocycles. The number of nitrogens with one attached hydrogen (secondary N) is 1. The Morgan fingerprint density at radius 3 is 2.05 bits per heavy atom. The molecule has 1 N–H and O–H groups in total. The molecule has 0 aliphatic heterocycles. The maximum atomic E-state index is 13.8. The van der Waals surface area contributed by atoms with Gasteiger partial charge in [-0.1, -0.05) is 120 Å². The molecule has 0 bridgehead atoms. The Bertz CT molecular complexity index is 1490. The van der Waals surface area contributed by atoms with E-state index in [2.05, 4.69) is 82.5 Å². The summed E-state index contributed by atoms with van der Waals surface area (Å²) in [5.41, 5.74) is 6.50. The van der Waals surface area contributed by atoms with Gasteiger partial charge in [0.2, 0.25) is 5.91 Å². The lowest BCUT2D eigenvalue weighted by Crippen LogP contribution is -2.33. The second-order valence-electron chi connectivity index (χ2n) is 9.77. The van der Waals surface area contributed by atoms with Gasteiger partial charge in [0.05, 0.1) is 12.0 Å². The van der Waals surface area contributed by atoms with Crippen molar-refractivity contribution in [1.82, 2.24) is 20.1 Å². The Hall–Kier alpha value is -4.16. The first-order chi connectivity index (χ1) is 19.0. The minimum atomic E-state index is -0.430. The van der Waals surface area contributed by atoms with E-state index in [0.29, 0.717) is 5.82 Å². The van der Waals surface area contributed by atoms with Crippen LogP contribution in [0.5, 0.6) is 0 Å². The summed E-state index contributed by atoms with van der Waals surface area (Å²) in [7, 11) is 0. The van der Waals surface area contributed by atoms with Gasteiger partial charge in [-0.2, -0.15) is 0 Å². The number of thioether (sulfide) groups is 1. The van der Waals surface area contributed by atoms with E-state index < -0.39 is 5.92 Å². The molecule has 1 atom stereocenters. The first kappa shape index (κ1) is 26.4. The van der Waals surface area contributed by atoms with Gasteiger partial charge in [-0.3, -0.25) is 9.36 Å². The Balaban J connectivity index is 1.45. The molecule has 0 saturated carbocycles. The van der Waals surface area contributed by atoms with E-state index in [4.69, 9.17) is 0 Å². The van der Waals surface area contributed by atoms with Gasteiger partial charge in [-0.15, -0.1) is 10.2 Å². The van der Waals surface area contributed by atoms with E-state index in [1.807, 2.05) is 67.6 Å². The van der Waals surface area contributed by atoms with E-state index in [0.717, 1.165) is 27.7 Å². The van der Waals surface area contributed by atoms with E-state index in [1.165, 1.54) is 16.7 Å². The number of aromatic nitrogens is 3. The van der Waals surface area contributed by atoms with Gasteiger partial charge in [-0.25, -0.2) is 0 Å². The summed E-state index contributed by atoms with van der Waals surface area (Å²) in [4.78, 5) is 13.8. The Kier molecular flexibility index (Phi) is 8.23. The topological polar surface area (TPSA) is 59.8 Å². The molecule has 0 radical (unpaired) electrons. The second kappa shape index (κ2) is 12.1. The molecule has 6 heteroatoms. The van der Waals surface area contributed by atoms with Crippen molar-refractivity contribution < 1.29 is 4.79 Å². The average molecular weight is 533 g/mol. The number of benzene rings is 4. The lowest BCUT2D eigenvalue weighted by molar-refractivity contribution is -0.122. The molecule has 5 aromatic rings. The summed E-state index contributed by atoms with van der Waals surface area (Å²) < 4.78 is 2.06. The molecule has 0 saturated heterocycles. The van der Waals surface area contributed by atoms with Crippen LogP contribution in [0.1, 0.15) is 52.5 Å². The Morgan fingerprint density at radius 2 is 1.44 bits per heavy atom. The first-order valence-corrected chi connectivity index (χ1v) is 14.1. The molecule has 0 fully saturated rings. The van der Waals surface area contributed by atoms with Crippen LogP contribution in [0.25, 0.3) is 5.69 Å². The van der Waals surface area contributed by atoms with Gasteiger partial charge in [0.15, 0.2) is 11.0 Å². The third-order valence-corrected chi connectivity index (χ3v) is 7.68. The van der Waals surface area contributed by atoms with Crippen molar-refractivity contribution in [1.29, 1.82) is 0 Å². The van der Waals surface area contributed by atoms with Crippen LogP contribution in [0, 0.1) is 13.8 Å². The van der Waals surface area contributed by atoms with Crippen molar-refractivity contribution in [3.8, 4) is 5.69 Å².